The third-order valence-corrected chi connectivity index (χ3v) is 5.81. The predicted octanol–water partition coefficient (Wildman–Crippen LogP) is 2.99. The Kier molecular flexibility index (Phi) is 4.49. The van der Waals surface area contributed by atoms with Crippen LogP contribution in [0, 0.1) is 0 Å². The number of nitrogens with zero attached hydrogens (tertiary/aromatic N) is 1. The second kappa shape index (κ2) is 6.75. The van der Waals surface area contributed by atoms with Gasteiger partial charge in [0, 0.05) is 37.7 Å². The number of piperidine rings is 1. The van der Waals surface area contributed by atoms with Crippen LogP contribution in [0.5, 0.6) is 5.75 Å². The minimum Gasteiger partial charge on any atom is -0.493 e. The minimum atomic E-state index is 0.270. The Hall–Kier alpha value is -1.55. The Labute approximate surface area is 144 Å². The molecule has 4 rings (SSSR count). The molecule has 4 heteroatoms. The van der Waals surface area contributed by atoms with Crippen molar-refractivity contribution < 1.29 is 9.53 Å². The summed E-state index contributed by atoms with van der Waals surface area (Å²) < 4.78 is 6.07. The van der Waals surface area contributed by atoms with Crippen molar-refractivity contribution in [1.29, 1.82) is 0 Å². The molecule has 0 aromatic heterocycles. The zero-order chi connectivity index (χ0) is 16.5. The highest BCUT2D eigenvalue weighted by atomic mass is 16.5. The smallest absolute Gasteiger partial charge is 0.222 e. The number of amides is 1. The van der Waals surface area contributed by atoms with Gasteiger partial charge in [0.05, 0.1) is 6.61 Å². The van der Waals surface area contributed by atoms with Gasteiger partial charge < -0.3 is 15.0 Å². The number of aryl methyl sites for hydroxylation is 2. The van der Waals surface area contributed by atoms with Gasteiger partial charge in [0.2, 0.25) is 5.91 Å². The number of hydrogen-bond donors (Lipinski definition) is 1. The third-order valence-electron chi connectivity index (χ3n) is 5.81. The van der Waals surface area contributed by atoms with Gasteiger partial charge in [0.15, 0.2) is 0 Å². The SMILES string of the molecule is CN1CC(NC2CCCOc3cc4c(cc32)CCCC4)CCC1=O. The topological polar surface area (TPSA) is 41.6 Å². The molecule has 1 aromatic carbocycles. The van der Waals surface area contributed by atoms with E-state index in [1.165, 1.54) is 42.4 Å². The molecule has 0 bridgehead atoms. The van der Waals surface area contributed by atoms with E-state index >= 15 is 0 Å². The Balaban J connectivity index is 1.57. The second-order valence-electron chi connectivity index (χ2n) is 7.59. The zero-order valence-electron chi connectivity index (χ0n) is 14.6. The number of likely N-dealkylation sites (tertiary alicyclic amines) is 1. The van der Waals surface area contributed by atoms with Crippen LogP contribution >= 0.6 is 0 Å². The van der Waals surface area contributed by atoms with Crippen molar-refractivity contribution in [3.05, 3.63) is 28.8 Å². The monoisotopic (exact) mass is 328 g/mol. The average molecular weight is 328 g/mol. The lowest BCUT2D eigenvalue weighted by Crippen LogP contribution is -2.47. The molecule has 0 radical (unpaired) electrons. The number of benzene rings is 1. The number of fused-ring (bicyclic) bond motifs is 2. The first-order valence-corrected chi connectivity index (χ1v) is 9.49. The molecule has 1 N–H and O–H groups in total. The highest BCUT2D eigenvalue weighted by Gasteiger charge is 2.28. The molecule has 1 fully saturated rings. The normalized spacial score (nSPS) is 27.0. The van der Waals surface area contributed by atoms with Gasteiger partial charge in [-0.1, -0.05) is 6.07 Å². The van der Waals surface area contributed by atoms with E-state index in [0.29, 0.717) is 18.5 Å². The number of carbonyl (C=O) groups is 1. The third kappa shape index (κ3) is 3.16. The fourth-order valence-corrected chi connectivity index (χ4v) is 4.41. The molecular formula is C20H28N2O2. The summed E-state index contributed by atoms with van der Waals surface area (Å²) in [5, 5.41) is 3.84. The van der Waals surface area contributed by atoms with Crippen molar-refractivity contribution in [1.82, 2.24) is 10.2 Å². The fraction of sp³-hybridized carbons (Fsp3) is 0.650. The molecule has 1 amide bonds. The van der Waals surface area contributed by atoms with Gasteiger partial charge in [0.1, 0.15) is 5.75 Å². The number of likely N-dealkylation sites (N-methyl/N-ethyl adjacent to an activating group) is 1. The van der Waals surface area contributed by atoms with Gasteiger partial charge in [0.25, 0.3) is 0 Å². The highest BCUT2D eigenvalue weighted by molar-refractivity contribution is 5.76. The molecule has 2 aliphatic heterocycles. The van der Waals surface area contributed by atoms with Gasteiger partial charge in [-0.05, 0) is 62.1 Å². The lowest BCUT2D eigenvalue weighted by Gasteiger charge is -2.33. The summed E-state index contributed by atoms with van der Waals surface area (Å²) in [4.78, 5) is 13.6. The number of ether oxygens (including phenoxy) is 1. The average Bonchev–Trinajstić information content (AvgIpc) is 2.78. The van der Waals surface area contributed by atoms with Crippen LogP contribution in [0.1, 0.15) is 61.3 Å². The van der Waals surface area contributed by atoms with E-state index in [1.54, 1.807) is 0 Å². The standard InChI is InChI=1S/C20H28N2O2/c1-22-13-16(8-9-20(22)23)21-18-7-4-10-24-19-12-15-6-3-2-5-14(15)11-17(18)19/h11-12,16,18,21H,2-10,13H2,1H3. The summed E-state index contributed by atoms with van der Waals surface area (Å²) in [6, 6.07) is 5.45. The van der Waals surface area contributed by atoms with Crippen LogP contribution in [0.15, 0.2) is 12.1 Å². The van der Waals surface area contributed by atoms with Gasteiger partial charge >= 0.3 is 0 Å². The summed E-state index contributed by atoms with van der Waals surface area (Å²) >= 11 is 0. The second-order valence-corrected chi connectivity index (χ2v) is 7.59. The Bertz CT molecular complexity index is 628. The van der Waals surface area contributed by atoms with Crippen LogP contribution in [-0.4, -0.2) is 37.0 Å². The molecule has 0 spiro atoms. The summed E-state index contributed by atoms with van der Waals surface area (Å²) in [5.74, 6) is 1.36. The van der Waals surface area contributed by atoms with Crippen molar-refractivity contribution in [2.45, 2.75) is 63.5 Å². The van der Waals surface area contributed by atoms with Crippen LogP contribution in [0.2, 0.25) is 0 Å². The van der Waals surface area contributed by atoms with Crippen LogP contribution in [0.3, 0.4) is 0 Å². The Morgan fingerprint density at radius 2 is 1.88 bits per heavy atom. The van der Waals surface area contributed by atoms with E-state index in [2.05, 4.69) is 17.4 Å². The van der Waals surface area contributed by atoms with E-state index in [9.17, 15) is 4.79 Å². The molecule has 1 saturated heterocycles. The maximum Gasteiger partial charge on any atom is 0.222 e. The van der Waals surface area contributed by atoms with E-state index < -0.39 is 0 Å². The molecule has 2 atom stereocenters. The van der Waals surface area contributed by atoms with Gasteiger partial charge in [-0.15, -0.1) is 0 Å². The number of nitrogens with one attached hydrogen (secondary N) is 1. The van der Waals surface area contributed by atoms with Gasteiger partial charge in [-0.3, -0.25) is 4.79 Å². The molecule has 24 heavy (non-hydrogen) atoms. The molecule has 0 saturated carbocycles. The maximum absolute atomic E-state index is 11.7. The van der Waals surface area contributed by atoms with E-state index in [-0.39, 0.29) is 5.91 Å². The van der Waals surface area contributed by atoms with Crippen molar-refractivity contribution >= 4 is 5.91 Å². The molecule has 2 heterocycles. The largest absolute Gasteiger partial charge is 0.493 e. The van der Waals surface area contributed by atoms with Crippen LogP contribution in [0.25, 0.3) is 0 Å². The van der Waals surface area contributed by atoms with Crippen LogP contribution in [-0.2, 0) is 17.6 Å². The first-order chi connectivity index (χ1) is 11.7. The molecule has 1 aliphatic carbocycles. The molecule has 3 aliphatic rings. The molecule has 130 valence electrons. The Morgan fingerprint density at radius 1 is 1.08 bits per heavy atom. The number of rotatable bonds is 2. The minimum absolute atomic E-state index is 0.270. The van der Waals surface area contributed by atoms with Gasteiger partial charge in [-0.25, -0.2) is 0 Å². The Morgan fingerprint density at radius 3 is 2.67 bits per heavy atom. The molecular weight excluding hydrogens is 300 g/mol. The summed E-state index contributed by atoms with van der Waals surface area (Å²) in [5.41, 5.74) is 4.35. The lowest BCUT2D eigenvalue weighted by atomic mass is 9.87. The summed E-state index contributed by atoms with van der Waals surface area (Å²) in [6.45, 7) is 1.63. The predicted molar refractivity (Wildman–Crippen MR) is 94.3 cm³/mol. The van der Waals surface area contributed by atoms with Crippen molar-refractivity contribution in [2.75, 3.05) is 20.2 Å². The summed E-state index contributed by atoms with van der Waals surface area (Å²) in [7, 11) is 1.91. The van der Waals surface area contributed by atoms with Crippen molar-refractivity contribution in [3.63, 3.8) is 0 Å². The van der Waals surface area contributed by atoms with E-state index in [1.807, 2.05) is 11.9 Å². The maximum atomic E-state index is 11.7. The highest BCUT2D eigenvalue weighted by Crippen LogP contribution is 2.37. The van der Waals surface area contributed by atoms with Gasteiger partial charge in [-0.2, -0.15) is 0 Å². The van der Waals surface area contributed by atoms with Crippen LogP contribution < -0.4 is 10.1 Å². The number of hydrogen-bond acceptors (Lipinski definition) is 3. The van der Waals surface area contributed by atoms with E-state index in [0.717, 1.165) is 38.2 Å². The van der Waals surface area contributed by atoms with Crippen molar-refractivity contribution in [2.24, 2.45) is 0 Å². The molecule has 4 nitrogen and oxygen atoms in total. The van der Waals surface area contributed by atoms with Crippen LogP contribution in [0.4, 0.5) is 0 Å². The fourth-order valence-electron chi connectivity index (χ4n) is 4.41. The zero-order valence-corrected chi connectivity index (χ0v) is 14.6. The summed E-state index contributed by atoms with van der Waals surface area (Å²) in [6.07, 6.45) is 8.81. The molecule has 1 aromatic rings. The quantitative estimate of drug-likeness (QED) is 0.907. The van der Waals surface area contributed by atoms with E-state index in [4.69, 9.17) is 4.74 Å². The molecule has 2 unspecified atom stereocenters. The first-order valence-electron chi connectivity index (χ1n) is 9.49. The van der Waals surface area contributed by atoms with Crippen molar-refractivity contribution in [3.8, 4) is 5.75 Å². The lowest BCUT2D eigenvalue weighted by molar-refractivity contribution is -0.132. The number of carbonyl (C=O) groups excluding carboxylic acids is 1. The first kappa shape index (κ1) is 15.9.